The van der Waals surface area contributed by atoms with Crippen molar-refractivity contribution in [1.82, 2.24) is 4.98 Å². The number of rotatable bonds is 2. The lowest BCUT2D eigenvalue weighted by molar-refractivity contribution is 1.28. The number of pyridine rings is 1. The fourth-order valence-electron chi connectivity index (χ4n) is 1.68. The number of nitrogens with one attached hydrogen (secondary N) is 1. The number of hydrogen-bond donors (Lipinski definition) is 1. The normalized spacial score (nSPS) is 9.47. The predicted octanol–water partition coefficient (Wildman–Crippen LogP) is 3.53. The second kappa shape index (κ2) is 5.39. The lowest BCUT2D eigenvalue weighted by Crippen LogP contribution is -1.98. The van der Waals surface area contributed by atoms with Gasteiger partial charge in [-0.25, -0.2) is 4.98 Å². The Labute approximate surface area is 115 Å². The van der Waals surface area contributed by atoms with Gasteiger partial charge in [0.05, 0.1) is 22.9 Å². The maximum absolute atomic E-state index is 9.14. The summed E-state index contributed by atoms with van der Waals surface area (Å²) in [7, 11) is 0. The Balaban J connectivity index is 2.43. The molecule has 0 amide bonds. The van der Waals surface area contributed by atoms with E-state index < -0.39 is 0 Å². The van der Waals surface area contributed by atoms with Crippen LogP contribution >= 0.6 is 11.6 Å². The molecule has 0 aliphatic rings. The number of nitrogens with zero attached hydrogens (tertiary/aromatic N) is 3. The van der Waals surface area contributed by atoms with Crippen LogP contribution in [0.5, 0.6) is 0 Å². The minimum absolute atomic E-state index is 0.229. The highest BCUT2D eigenvalue weighted by Gasteiger charge is 2.07. The van der Waals surface area contributed by atoms with Gasteiger partial charge in [-0.3, -0.25) is 0 Å². The first-order valence-electron chi connectivity index (χ1n) is 5.48. The summed E-state index contributed by atoms with van der Waals surface area (Å²) >= 11 is 5.83. The Morgan fingerprint density at radius 2 is 2.00 bits per heavy atom. The summed E-state index contributed by atoms with van der Waals surface area (Å²) in [5.41, 5.74) is 2.47. The molecular weight excluding hydrogens is 260 g/mol. The number of nitriles is 2. The fraction of sp³-hybridized carbons (Fsp3) is 0.0714. The molecule has 2 aromatic rings. The number of hydrogen-bond acceptors (Lipinski definition) is 4. The first-order valence-corrected chi connectivity index (χ1v) is 5.86. The third-order valence-electron chi connectivity index (χ3n) is 2.57. The van der Waals surface area contributed by atoms with E-state index in [1.54, 1.807) is 12.1 Å². The van der Waals surface area contributed by atoms with E-state index in [0.717, 1.165) is 5.56 Å². The van der Waals surface area contributed by atoms with Gasteiger partial charge in [0.15, 0.2) is 0 Å². The molecule has 4 nitrogen and oxygen atoms in total. The Hall–Kier alpha value is -2.56. The van der Waals surface area contributed by atoms with E-state index in [9.17, 15) is 0 Å². The monoisotopic (exact) mass is 268 g/mol. The van der Waals surface area contributed by atoms with Gasteiger partial charge in [-0.15, -0.1) is 0 Å². The largest absolute Gasteiger partial charge is 0.339 e. The van der Waals surface area contributed by atoms with E-state index in [-0.39, 0.29) is 5.15 Å². The second-order valence-corrected chi connectivity index (χ2v) is 4.30. The van der Waals surface area contributed by atoms with Crippen molar-refractivity contribution in [2.75, 3.05) is 5.32 Å². The Morgan fingerprint density at radius 3 is 2.68 bits per heavy atom. The average molecular weight is 269 g/mol. The van der Waals surface area contributed by atoms with Gasteiger partial charge >= 0.3 is 0 Å². The van der Waals surface area contributed by atoms with Crippen molar-refractivity contribution in [1.29, 1.82) is 10.5 Å². The molecule has 1 aromatic carbocycles. The molecule has 0 saturated heterocycles. The molecule has 1 N–H and O–H groups in total. The molecule has 0 saturated carbocycles. The van der Waals surface area contributed by atoms with Crippen molar-refractivity contribution < 1.29 is 0 Å². The summed E-state index contributed by atoms with van der Waals surface area (Å²) in [5, 5.41) is 21.3. The first-order chi connectivity index (χ1) is 9.13. The summed E-state index contributed by atoms with van der Waals surface area (Å²) in [6.45, 7) is 1.86. The van der Waals surface area contributed by atoms with E-state index in [1.807, 2.05) is 25.1 Å². The highest BCUT2D eigenvalue weighted by Crippen LogP contribution is 2.23. The van der Waals surface area contributed by atoms with Crippen LogP contribution in [0.15, 0.2) is 30.3 Å². The molecule has 0 unspecified atom stereocenters. The molecule has 19 heavy (non-hydrogen) atoms. The van der Waals surface area contributed by atoms with Crippen molar-refractivity contribution in [3.8, 4) is 12.1 Å². The summed E-state index contributed by atoms with van der Waals surface area (Å²) in [4.78, 5) is 4.08. The molecule has 0 bridgehead atoms. The molecule has 1 heterocycles. The van der Waals surface area contributed by atoms with Crippen LogP contribution in [-0.4, -0.2) is 4.98 Å². The molecular formula is C14H9ClN4. The topological polar surface area (TPSA) is 72.5 Å². The van der Waals surface area contributed by atoms with Crippen molar-refractivity contribution in [3.05, 3.63) is 52.2 Å². The molecule has 0 atom stereocenters. The average Bonchev–Trinajstić information content (AvgIpc) is 2.38. The van der Waals surface area contributed by atoms with E-state index in [0.29, 0.717) is 22.6 Å². The predicted molar refractivity (Wildman–Crippen MR) is 73.1 cm³/mol. The van der Waals surface area contributed by atoms with Crippen LogP contribution in [0.4, 0.5) is 11.5 Å². The number of aryl methyl sites for hydroxylation is 1. The van der Waals surface area contributed by atoms with Gasteiger partial charge in [-0.2, -0.15) is 10.5 Å². The lowest BCUT2D eigenvalue weighted by Gasteiger charge is -2.09. The summed E-state index contributed by atoms with van der Waals surface area (Å²) in [6, 6.07) is 12.7. The van der Waals surface area contributed by atoms with Crippen molar-refractivity contribution in [3.63, 3.8) is 0 Å². The maximum Gasteiger partial charge on any atom is 0.133 e. The highest BCUT2D eigenvalue weighted by atomic mass is 35.5. The smallest absolute Gasteiger partial charge is 0.133 e. The van der Waals surface area contributed by atoms with Gasteiger partial charge in [0.25, 0.3) is 0 Å². The molecule has 92 valence electrons. The zero-order valence-electron chi connectivity index (χ0n) is 10.1. The SMILES string of the molecule is Cc1cccc(Nc2cc(C#N)cc(Cl)n2)c1C#N. The van der Waals surface area contributed by atoms with Crippen molar-refractivity contribution in [2.24, 2.45) is 0 Å². The van der Waals surface area contributed by atoms with E-state index in [2.05, 4.69) is 16.4 Å². The van der Waals surface area contributed by atoms with Crippen LogP contribution in [0, 0.1) is 29.6 Å². The Bertz CT molecular complexity index is 710. The molecule has 0 aliphatic carbocycles. The van der Waals surface area contributed by atoms with Crippen molar-refractivity contribution in [2.45, 2.75) is 6.92 Å². The number of anilines is 2. The van der Waals surface area contributed by atoms with Crippen LogP contribution in [0.2, 0.25) is 5.15 Å². The van der Waals surface area contributed by atoms with Gasteiger partial charge in [-0.1, -0.05) is 23.7 Å². The third kappa shape index (κ3) is 2.82. The van der Waals surface area contributed by atoms with E-state index >= 15 is 0 Å². The quantitative estimate of drug-likeness (QED) is 0.846. The number of aromatic nitrogens is 1. The Morgan fingerprint density at radius 1 is 1.21 bits per heavy atom. The Kier molecular flexibility index (Phi) is 3.66. The molecule has 5 heteroatoms. The first kappa shape index (κ1) is 12.9. The summed E-state index contributed by atoms with van der Waals surface area (Å²) in [6.07, 6.45) is 0. The van der Waals surface area contributed by atoms with Gasteiger partial charge in [0.2, 0.25) is 0 Å². The van der Waals surface area contributed by atoms with Crippen molar-refractivity contribution >= 4 is 23.1 Å². The zero-order chi connectivity index (χ0) is 13.8. The van der Waals surface area contributed by atoms with Gasteiger partial charge < -0.3 is 5.32 Å². The lowest BCUT2D eigenvalue weighted by atomic mass is 10.1. The van der Waals surface area contributed by atoms with Crippen LogP contribution in [0.3, 0.4) is 0 Å². The fourth-order valence-corrected chi connectivity index (χ4v) is 1.89. The van der Waals surface area contributed by atoms with Crippen LogP contribution in [-0.2, 0) is 0 Å². The molecule has 0 radical (unpaired) electrons. The molecule has 0 fully saturated rings. The highest BCUT2D eigenvalue weighted by molar-refractivity contribution is 6.29. The van der Waals surface area contributed by atoms with Crippen LogP contribution < -0.4 is 5.32 Å². The number of halogens is 1. The molecule has 1 aromatic heterocycles. The molecule has 0 aliphatic heterocycles. The zero-order valence-corrected chi connectivity index (χ0v) is 10.9. The number of benzene rings is 1. The van der Waals surface area contributed by atoms with Gasteiger partial charge in [0, 0.05) is 0 Å². The minimum Gasteiger partial charge on any atom is -0.339 e. The molecule has 2 rings (SSSR count). The van der Waals surface area contributed by atoms with Crippen LogP contribution in [0.25, 0.3) is 0 Å². The minimum atomic E-state index is 0.229. The van der Waals surface area contributed by atoms with E-state index in [4.69, 9.17) is 22.1 Å². The maximum atomic E-state index is 9.14. The third-order valence-corrected chi connectivity index (χ3v) is 2.76. The summed E-state index contributed by atoms with van der Waals surface area (Å²) < 4.78 is 0. The van der Waals surface area contributed by atoms with Crippen LogP contribution in [0.1, 0.15) is 16.7 Å². The second-order valence-electron chi connectivity index (χ2n) is 3.91. The van der Waals surface area contributed by atoms with E-state index in [1.165, 1.54) is 6.07 Å². The van der Waals surface area contributed by atoms with Gasteiger partial charge in [0.1, 0.15) is 17.0 Å². The summed E-state index contributed by atoms with van der Waals surface area (Å²) in [5.74, 6) is 0.436. The molecule has 0 spiro atoms. The standard InChI is InChI=1S/C14H9ClN4/c1-9-3-2-4-12(11(9)8-17)18-14-6-10(7-16)5-13(15)19-14/h2-6H,1H3,(H,18,19). The van der Waals surface area contributed by atoms with Gasteiger partial charge in [-0.05, 0) is 30.7 Å².